The first-order valence-electron chi connectivity index (χ1n) is 7.23. The van der Waals surface area contributed by atoms with E-state index in [0.717, 1.165) is 5.56 Å². The van der Waals surface area contributed by atoms with E-state index in [1.165, 1.54) is 22.7 Å². The minimum atomic E-state index is -3.14. The van der Waals surface area contributed by atoms with E-state index in [1.807, 2.05) is 17.0 Å². The summed E-state index contributed by atoms with van der Waals surface area (Å²) in [5, 5.41) is 8.38. The van der Waals surface area contributed by atoms with E-state index in [1.54, 1.807) is 12.1 Å². The fraction of sp³-hybridized carbons (Fsp3) is 0.333. The largest absolute Gasteiger partial charge is 0.352 e. The summed E-state index contributed by atoms with van der Waals surface area (Å²) in [7, 11) is -3.14. The summed E-state index contributed by atoms with van der Waals surface area (Å²) in [5.41, 5.74) is 1.47. The van der Waals surface area contributed by atoms with Crippen LogP contribution < -0.4 is 4.90 Å². The van der Waals surface area contributed by atoms with Crippen LogP contribution in [0.1, 0.15) is 0 Å². The smallest absolute Gasteiger partial charge is 0.211 e. The molecule has 0 saturated carbocycles. The Kier molecular flexibility index (Phi) is 4.27. The molecule has 1 saturated heterocycles. The summed E-state index contributed by atoms with van der Waals surface area (Å²) in [4.78, 5) is 2.00. The number of hydrogen-bond acceptors (Lipinski definition) is 5. The lowest BCUT2D eigenvalue weighted by molar-refractivity contribution is 0.386. The topological polar surface area (TPSA) is 66.4 Å². The number of hydrogen-bond donors (Lipinski definition) is 0. The molecule has 0 unspecified atom stereocenters. The number of halogens is 1. The second kappa shape index (κ2) is 6.21. The monoisotopic (exact) mass is 336 g/mol. The van der Waals surface area contributed by atoms with Gasteiger partial charge in [-0.15, -0.1) is 10.2 Å². The van der Waals surface area contributed by atoms with Crippen molar-refractivity contribution in [3.05, 3.63) is 42.2 Å². The predicted molar refractivity (Wildman–Crippen MR) is 86.1 cm³/mol. The average Bonchev–Trinajstić information content (AvgIpc) is 2.55. The van der Waals surface area contributed by atoms with E-state index in [9.17, 15) is 12.8 Å². The molecular formula is C15H17FN4O2S. The molecule has 1 fully saturated rings. The normalized spacial score (nSPS) is 16.5. The molecule has 2 aromatic rings. The maximum Gasteiger partial charge on any atom is 0.211 e. The van der Waals surface area contributed by atoms with Gasteiger partial charge >= 0.3 is 0 Å². The van der Waals surface area contributed by atoms with Crippen molar-refractivity contribution in [2.24, 2.45) is 0 Å². The highest BCUT2D eigenvalue weighted by Gasteiger charge is 2.24. The Morgan fingerprint density at radius 2 is 1.61 bits per heavy atom. The van der Waals surface area contributed by atoms with Crippen LogP contribution in [0.5, 0.6) is 0 Å². The molecule has 2 heterocycles. The molecule has 1 aromatic heterocycles. The zero-order chi connectivity index (χ0) is 16.4. The van der Waals surface area contributed by atoms with Crippen LogP contribution in [-0.2, 0) is 10.0 Å². The molecule has 1 aliphatic rings. The van der Waals surface area contributed by atoms with Crippen molar-refractivity contribution in [3.63, 3.8) is 0 Å². The first-order valence-corrected chi connectivity index (χ1v) is 9.08. The number of nitrogens with zero attached hydrogens (tertiary/aromatic N) is 4. The molecule has 122 valence electrons. The molecule has 8 heteroatoms. The summed E-state index contributed by atoms with van der Waals surface area (Å²) in [6, 6.07) is 9.76. The molecule has 1 aliphatic heterocycles. The maximum atomic E-state index is 12.9. The molecule has 0 amide bonds. The van der Waals surface area contributed by atoms with Crippen LogP contribution in [0.4, 0.5) is 10.2 Å². The minimum Gasteiger partial charge on any atom is -0.352 e. The zero-order valence-corrected chi connectivity index (χ0v) is 13.5. The second-order valence-electron chi connectivity index (χ2n) is 5.43. The Morgan fingerprint density at radius 1 is 0.957 bits per heavy atom. The lowest BCUT2D eigenvalue weighted by Gasteiger charge is -2.33. The van der Waals surface area contributed by atoms with Crippen LogP contribution in [0.2, 0.25) is 0 Å². The average molecular weight is 336 g/mol. The molecule has 0 radical (unpaired) electrons. The van der Waals surface area contributed by atoms with E-state index < -0.39 is 10.0 Å². The second-order valence-corrected chi connectivity index (χ2v) is 7.42. The van der Waals surface area contributed by atoms with Crippen molar-refractivity contribution < 1.29 is 12.8 Å². The summed E-state index contributed by atoms with van der Waals surface area (Å²) < 4.78 is 37.4. The molecule has 0 spiro atoms. The molecule has 1 aromatic carbocycles. The van der Waals surface area contributed by atoms with Crippen LogP contribution in [0, 0.1) is 5.82 Å². The van der Waals surface area contributed by atoms with E-state index in [4.69, 9.17) is 0 Å². The first kappa shape index (κ1) is 15.8. The van der Waals surface area contributed by atoms with Gasteiger partial charge in [-0.2, -0.15) is 4.31 Å². The highest BCUT2D eigenvalue weighted by Crippen LogP contribution is 2.20. The molecular weight excluding hydrogens is 319 g/mol. The van der Waals surface area contributed by atoms with Crippen molar-refractivity contribution in [2.45, 2.75) is 0 Å². The molecule has 3 rings (SSSR count). The van der Waals surface area contributed by atoms with E-state index >= 15 is 0 Å². The lowest BCUT2D eigenvalue weighted by Crippen LogP contribution is -2.48. The number of rotatable bonds is 3. The van der Waals surface area contributed by atoms with Crippen LogP contribution in [-0.4, -0.2) is 55.4 Å². The van der Waals surface area contributed by atoms with Gasteiger partial charge in [-0.1, -0.05) is 0 Å². The Hall–Kier alpha value is -2.06. The van der Waals surface area contributed by atoms with Gasteiger partial charge in [-0.05, 0) is 36.4 Å². The Morgan fingerprint density at radius 3 is 2.13 bits per heavy atom. The molecule has 6 nitrogen and oxygen atoms in total. The van der Waals surface area contributed by atoms with Gasteiger partial charge in [0.25, 0.3) is 0 Å². The third kappa shape index (κ3) is 3.65. The third-order valence-electron chi connectivity index (χ3n) is 3.82. The Balaban J connectivity index is 1.70. The van der Waals surface area contributed by atoms with E-state index in [-0.39, 0.29) is 5.82 Å². The highest BCUT2D eigenvalue weighted by molar-refractivity contribution is 7.88. The van der Waals surface area contributed by atoms with Crippen molar-refractivity contribution in [1.82, 2.24) is 14.5 Å². The van der Waals surface area contributed by atoms with Gasteiger partial charge in [-0.25, -0.2) is 12.8 Å². The van der Waals surface area contributed by atoms with Crippen LogP contribution in [0.25, 0.3) is 11.3 Å². The van der Waals surface area contributed by atoms with Crippen LogP contribution in [0.15, 0.2) is 36.4 Å². The van der Waals surface area contributed by atoms with Gasteiger partial charge in [-0.3, -0.25) is 0 Å². The van der Waals surface area contributed by atoms with Gasteiger partial charge < -0.3 is 4.90 Å². The van der Waals surface area contributed by atoms with Gasteiger partial charge in [0, 0.05) is 31.7 Å². The molecule has 0 N–H and O–H groups in total. The van der Waals surface area contributed by atoms with E-state index in [0.29, 0.717) is 37.7 Å². The summed E-state index contributed by atoms with van der Waals surface area (Å²) in [5.74, 6) is 0.422. The number of aromatic nitrogens is 2. The summed E-state index contributed by atoms with van der Waals surface area (Å²) in [6.45, 7) is 2.05. The van der Waals surface area contributed by atoms with E-state index in [2.05, 4.69) is 10.2 Å². The standard InChI is InChI=1S/C15H17FN4O2S/c1-23(21,22)20-10-8-19(9-11-20)15-7-6-14(17-18-15)12-2-4-13(16)5-3-12/h2-7H,8-11H2,1H3. The Bertz CT molecular complexity index is 770. The molecule has 0 atom stereocenters. The number of benzene rings is 1. The zero-order valence-electron chi connectivity index (χ0n) is 12.7. The van der Waals surface area contributed by atoms with Crippen LogP contribution in [0.3, 0.4) is 0 Å². The van der Waals surface area contributed by atoms with Crippen molar-refractivity contribution in [1.29, 1.82) is 0 Å². The predicted octanol–water partition coefficient (Wildman–Crippen LogP) is 1.36. The van der Waals surface area contributed by atoms with Crippen LogP contribution >= 0.6 is 0 Å². The summed E-state index contributed by atoms with van der Waals surface area (Å²) >= 11 is 0. The van der Waals surface area contributed by atoms with Crippen molar-refractivity contribution in [2.75, 3.05) is 37.3 Å². The number of anilines is 1. The fourth-order valence-electron chi connectivity index (χ4n) is 2.52. The summed E-state index contributed by atoms with van der Waals surface area (Å²) in [6.07, 6.45) is 1.22. The van der Waals surface area contributed by atoms with Crippen molar-refractivity contribution >= 4 is 15.8 Å². The molecule has 0 bridgehead atoms. The maximum absolute atomic E-state index is 12.9. The highest BCUT2D eigenvalue weighted by atomic mass is 32.2. The third-order valence-corrected chi connectivity index (χ3v) is 5.13. The number of sulfonamides is 1. The van der Waals surface area contributed by atoms with Crippen molar-refractivity contribution in [3.8, 4) is 11.3 Å². The lowest BCUT2D eigenvalue weighted by atomic mass is 10.1. The van der Waals surface area contributed by atoms with Gasteiger partial charge in [0.1, 0.15) is 5.82 Å². The van der Waals surface area contributed by atoms with Gasteiger partial charge in [0.2, 0.25) is 10.0 Å². The Labute approximate surface area is 134 Å². The fourth-order valence-corrected chi connectivity index (χ4v) is 3.34. The minimum absolute atomic E-state index is 0.290. The van der Waals surface area contributed by atoms with Gasteiger partial charge in [0.15, 0.2) is 5.82 Å². The molecule has 0 aliphatic carbocycles. The SMILES string of the molecule is CS(=O)(=O)N1CCN(c2ccc(-c3ccc(F)cc3)nn2)CC1. The molecule has 23 heavy (non-hydrogen) atoms. The first-order chi connectivity index (χ1) is 10.9. The quantitative estimate of drug-likeness (QED) is 0.847. The van der Waals surface area contributed by atoms with Gasteiger partial charge in [0.05, 0.1) is 11.9 Å². The number of piperazine rings is 1.